The van der Waals surface area contributed by atoms with E-state index in [9.17, 15) is 9.90 Å². The van der Waals surface area contributed by atoms with Gasteiger partial charge in [-0.25, -0.2) is 0 Å². The van der Waals surface area contributed by atoms with E-state index < -0.39 is 17.6 Å². The van der Waals surface area contributed by atoms with Crippen molar-refractivity contribution in [2.45, 2.75) is 25.6 Å². The summed E-state index contributed by atoms with van der Waals surface area (Å²) in [7, 11) is 4.41. The van der Waals surface area contributed by atoms with E-state index >= 15 is 0 Å². The van der Waals surface area contributed by atoms with E-state index in [-0.39, 0.29) is 29.8 Å². The molecule has 2 aromatic carbocycles. The fraction of sp³-hybridized carbons (Fsp3) is 0.409. The zero-order valence-electron chi connectivity index (χ0n) is 17.5. The largest absolute Gasteiger partial charge is 0.502 e. The Labute approximate surface area is 174 Å². The molecule has 4 rings (SSSR count). The molecule has 30 heavy (non-hydrogen) atoms. The van der Waals surface area contributed by atoms with Gasteiger partial charge in [-0.1, -0.05) is 0 Å². The van der Waals surface area contributed by atoms with Gasteiger partial charge in [-0.3, -0.25) is 4.79 Å². The summed E-state index contributed by atoms with van der Waals surface area (Å²) in [5.74, 6) is -0.486. The number of carbonyl (C=O) groups excluding carboxylic acids is 1. The van der Waals surface area contributed by atoms with Crippen molar-refractivity contribution in [1.82, 2.24) is 0 Å². The SMILES string of the molecule is COc1cc([C@H]2c3cc4c(cc3O[C@@](C)(OC)[C@@H]2C(C)=O)OCO4)cc(OC)c1O. The summed E-state index contributed by atoms with van der Waals surface area (Å²) < 4.78 is 33.6. The van der Waals surface area contributed by atoms with Crippen LogP contribution in [0.15, 0.2) is 24.3 Å². The van der Waals surface area contributed by atoms with Crippen LogP contribution in [-0.2, 0) is 9.53 Å². The first-order chi connectivity index (χ1) is 14.3. The molecule has 0 spiro atoms. The first kappa shape index (κ1) is 20.2. The van der Waals surface area contributed by atoms with Crippen LogP contribution in [0.2, 0.25) is 0 Å². The molecule has 0 amide bonds. The Morgan fingerprint density at radius 1 is 1.03 bits per heavy atom. The Morgan fingerprint density at radius 2 is 1.63 bits per heavy atom. The van der Waals surface area contributed by atoms with Gasteiger partial charge < -0.3 is 33.5 Å². The van der Waals surface area contributed by atoms with Gasteiger partial charge in [0.25, 0.3) is 0 Å². The smallest absolute Gasteiger partial charge is 0.231 e. The molecule has 0 aliphatic carbocycles. The molecule has 2 heterocycles. The minimum Gasteiger partial charge on any atom is -0.502 e. The standard InChI is InChI=1S/C22H24O8/c1-11(23)20-19(12-6-17(25-3)21(24)18(7-12)26-4)13-8-15-16(29-10-28-15)9-14(13)30-22(20,2)27-5/h6-9,19-20,24H,10H2,1-5H3/t19-,20+,22+/m0/s1. The summed E-state index contributed by atoms with van der Waals surface area (Å²) in [6, 6.07) is 6.94. The van der Waals surface area contributed by atoms with E-state index in [1.54, 1.807) is 25.1 Å². The number of hydrogen-bond acceptors (Lipinski definition) is 8. The van der Waals surface area contributed by atoms with E-state index in [4.69, 9.17) is 28.4 Å². The van der Waals surface area contributed by atoms with Gasteiger partial charge in [0, 0.05) is 31.6 Å². The Kier molecular flexibility index (Phi) is 4.89. The number of rotatable bonds is 5. The summed E-state index contributed by atoms with van der Waals surface area (Å²) in [6.07, 6.45) is 0. The molecule has 0 aromatic heterocycles. The van der Waals surface area contributed by atoms with Gasteiger partial charge in [0.1, 0.15) is 11.5 Å². The van der Waals surface area contributed by atoms with Crippen LogP contribution in [0.4, 0.5) is 0 Å². The van der Waals surface area contributed by atoms with Gasteiger partial charge in [0.2, 0.25) is 18.3 Å². The molecule has 2 aliphatic heterocycles. The second-order valence-corrected chi connectivity index (χ2v) is 7.41. The lowest BCUT2D eigenvalue weighted by atomic mass is 9.72. The highest BCUT2D eigenvalue weighted by Gasteiger charge is 2.51. The summed E-state index contributed by atoms with van der Waals surface area (Å²) >= 11 is 0. The lowest BCUT2D eigenvalue weighted by Crippen LogP contribution is -2.51. The van der Waals surface area contributed by atoms with E-state index in [0.29, 0.717) is 22.8 Å². The number of carbonyl (C=O) groups is 1. The fourth-order valence-corrected chi connectivity index (χ4v) is 4.27. The van der Waals surface area contributed by atoms with Crippen molar-refractivity contribution >= 4 is 5.78 Å². The number of ketones is 1. The summed E-state index contributed by atoms with van der Waals surface area (Å²) in [5.41, 5.74) is 1.44. The van der Waals surface area contributed by atoms with Crippen LogP contribution in [0.25, 0.3) is 0 Å². The van der Waals surface area contributed by atoms with Crippen molar-refractivity contribution in [1.29, 1.82) is 0 Å². The number of methoxy groups -OCH3 is 3. The van der Waals surface area contributed by atoms with Crippen LogP contribution >= 0.6 is 0 Å². The van der Waals surface area contributed by atoms with E-state index in [0.717, 1.165) is 5.56 Å². The molecular formula is C22H24O8. The normalized spacial score (nSPS) is 24.0. The van der Waals surface area contributed by atoms with Gasteiger partial charge in [0.15, 0.2) is 23.0 Å². The zero-order valence-corrected chi connectivity index (χ0v) is 17.5. The van der Waals surface area contributed by atoms with Crippen LogP contribution < -0.4 is 23.7 Å². The van der Waals surface area contributed by atoms with E-state index in [1.807, 2.05) is 6.07 Å². The van der Waals surface area contributed by atoms with E-state index in [2.05, 4.69) is 0 Å². The van der Waals surface area contributed by atoms with Gasteiger partial charge in [-0.15, -0.1) is 0 Å². The Bertz CT molecular complexity index is 976. The third-order valence-electron chi connectivity index (χ3n) is 5.76. The second-order valence-electron chi connectivity index (χ2n) is 7.41. The van der Waals surface area contributed by atoms with Crippen molar-refractivity contribution in [3.8, 4) is 34.5 Å². The fourth-order valence-electron chi connectivity index (χ4n) is 4.27. The summed E-state index contributed by atoms with van der Waals surface area (Å²) in [4.78, 5) is 12.8. The van der Waals surface area contributed by atoms with Crippen LogP contribution in [0.3, 0.4) is 0 Å². The number of phenolic OH excluding ortho intramolecular Hbond substituents is 1. The zero-order chi connectivity index (χ0) is 21.6. The number of Topliss-reactive ketones (excluding diaryl/α,β-unsaturated/α-hetero) is 1. The molecule has 8 nitrogen and oxygen atoms in total. The monoisotopic (exact) mass is 416 g/mol. The van der Waals surface area contributed by atoms with Gasteiger partial charge in [-0.05, 0) is 30.7 Å². The molecule has 0 unspecified atom stereocenters. The highest BCUT2D eigenvalue weighted by Crippen LogP contribution is 2.54. The summed E-state index contributed by atoms with van der Waals surface area (Å²) in [6.45, 7) is 3.35. The quantitative estimate of drug-likeness (QED) is 0.794. The highest BCUT2D eigenvalue weighted by atomic mass is 16.7. The molecule has 0 saturated heterocycles. The van der Waals surface area contributed by atoms with Gasteiger partial charge in [0.05, 0.1) is 20.1 Å². The van der Waals surface area contributed by atoms with Crippen molar-refractivity contribution in [3.05, 3.63) is 35.4 Å². The number of ether oxygens (including phenoxy) is 6. The maximum absolute atomic E-state index is 12.8. The summed E-state index contributed by atoms with van der Waals surface area (Å²) in [5, 5.41) is 10.4. The molecular weight excluding hydrogens is 392 g/mol. The molecule has 0 bridgehead atoms. The molecule has 1 N–H and O–H groups in total. The van der Waals surface area contributed by atoms with Gasteiger partial charge in [-0.2, -0.15) is 0 Å². The van der Waals surface area contributed by atoms with Crippen molar-refractivity contribution in [3.63, 3.8) is 0 Å². The third kappa shape index (κ3) is 2.99. The molecule has 2 aliphatic rings. The number of hydrogen-bond donors (Lipinski definition) is 1. The Morgan fingerprint density at radius 3 is 2.17 bits per heavy atom. The predicted molar refractivity (Wildman–Crippen MR) is 106 cm³/mol. The number of benzene rings is 2. The first-order valence-corrected chi connectivity index (χ1v) is 9.46. The molecule has 8 heteroatoms. The second kappa shape index (κ2) is 7.28. The topological polar surface area (TPSA) is 92.7 Å². The van der Waals surface area contributed by atoms with E-state index in [1.165, 1.54) is 28.3 Å². The number of aromatic hydroxyl groups is 1. The molecule has 160 valence electrons. The van der Waals surface area contributed by atoms with Crippen molar-refractivity contribution in [2.75, 3.05) is 28.1 Å². The molecule has 3 atom stereocenters. The molecule has 0 radical (unpaired) electrons. The third-order valence-corrected chi connectivity index (χ3v) is 5.76. The lowest BCUT2D eigenvalue weighted by molar-refractivity contribution is -0.199. The minimum absolute atomic E-state index is 0.112. The molecule has 0 saturated carbocycles. The number of phenols is 1. The van der Waals surface area contributed by atoms with Crippen molar-refractivity contribution in [2.24, 2.45) is 5.92 Å². The highest BCUT2D eigenvalue weighted by molar-refractivity contribution is 5.82. The van der Waals surface area contributed by atoms with Gasteiger partial charge >= 0.3 is 0 Å². The average molecular weight is 416 g/mol. The molecule has 2 aromatic rings. The van der Waals surface area contributed by atoms with Crippen LogP contribution in [0, 0.1) is 5.92 Å². The van der Waals surface area contributed by atoms with Crippen LogP contribution in [-0.4, -0.2) is 44.8 Å². The minimum atomic E-state index is -1.23. The predicted octanol–water partition coefficient (Wildman–Crippen LogP) is 3.23. The Balaban J connectivity index is 1.99. The first-order valence-electron chi connectivity index (χ1n) is 9.46. The lowest BCUT2D eigenvalue weighted by Gasteiger charge is -2.44. The average Bonchev–Trinajstić information content (AvgIpc) is 3.18. The van der Waals surface area contributed by atoms with Crippen molar-refractivity contribution < 1.29 is 38.3 Å². The van der Waals surface area contributed by atoms with Crippen LogP contribution in [0.1, 0.15) is 30.9 Å². The van der Waals surface area contributed by atoms with Crippen LogP contribution in [0.5, 0.6) is 34.5 Å². The Hall–Kier alpha value is -3.13. The number of fused-ring (bicyclic) bond motifs is 2. The maximum atomic E-state index is 12.8. The molecule has 0 fully saturated rings. The maximum Gasteiger partial charge on any atom is 0.231 e.